The summed E-state index contributed by atoms with van der Waals surface area (Å²) in [6.45, 7) is 1.37. The van der Waals surface area contributed by atoms with E-state index in [9.17, 15) is 23.7 Å². The van der Waals surface area contributed by atoms with Gasteiger partial charge in [-0.05, 0) is 30.3 Å². The quantitative estimate of drug-likeness (QED) is 0.467. The number of ether oxygens (including phenoxy) is 1. The van der Waals surface area contributed by atoms with Crippen LogP contribution in [-0.2, 0) is 16.1 Å². The van der Waals surface area contributed by atoms with Crippen molar-refractivity contribution in [3.63, 3.8) is 0 Å². The Hall–Kier alpha value is -2.98. The van der Waals surface area contributed by atoms with Crippen molar-refractivity contribution in [1.82, 2.24) is 0 Å². The Kier molecular flexibility index (Phi) is 5.45. The third-order valence-corrected chi connectivity index (χ3v) is 3.16. The summed E-state index contributed by atoms with van der Waals surface area (Å²) in [5.41, 5.74) is 0.356. The molecule has 1 amide bonds. The fourth-order valence-electron chi connectivity index (χ4n) is 1.82. The first kappa shape index (κ1) is 17.4. The van der Waals surface area contributed by atoms with Crippen molar-refractivity contribution in [1.29, 1.82) is 0 Å². The molecule has 2 rings (SSSR count). The third kappa shape index (κ3) is 4.76. The standard InChI is InChI=1S/C14H13N3O6S/c1-9(18)15-10-2-5-12(6-3-10)23-14-8-11(17(19)20)4-7-13(14)16-24(21)22/h2-8,16H,1H3,(H,15,18)(H,21,22)/p-1. The Morgan fingerprint density at radius 2 is 1.88 bits per heavy atom. The maximum absolute atomic E-state index is 11.0. The number of anilines is 2. The van der Waals surface area contributed by atoms with Gasteiger partial charge in [0.05, 0.1) is 16.7 Å². The zero-order valence-corrected chi connectivity index (χ0v) is 13.2. The van der Waals surface area contributed by atoms with Crippen molar-refractivity contribution >= 4 is 34.2 Å². The molecule has 2 aromatic carbocycles. The van der Waals surface area contributed by atoms with Crippen molar-refractivity contribution in [2.45, 2.75) is 6.92 Å². The Morgan fingerprint density at radius 1 is 1.21 bits per heavy atom. The second-order valence-electron chi connectivity index (χ2n) is 4.58. The van der Waals surface area contributed by atoms with E-state index in [-0.39, 0.29) is 23.0 Å². The number of carbonyl (C=O) groups is 1. The van der Waals surface area contributed by atoms with Crippen molar-refractivity contribution < 1.29 is 23.2 Å². The average Bonchev–Trinajstić information content (AvgIpc) is 2.49. The molecular weight excluding hydrogens is 338 g/mol. The van der Waals surface area contributed by atoms with Crippen molar-refractivity contribution in [2.24, 2.45) is 0 Å². The lowest BCUT2D eigenvalue weighted by Crippen LogP contribution is -2.05. The van der Waals surface area contributed by atoms with Gasteiger partial charge in [-0.15, -0.1) is 0 Å². The summed E-state index contributed by atoms with van der Waals surface area (Å²) in [4.78, 5) is 21.2. The topological polar surface area (TPSA) is 134 Å². The lowest BCUT2D eigenvalue weighted by Gasteiger charge is -2.14. The minimum absolute atomic E-state index is 0.0272. The molecule has 126 valence electrons. The molecule has 0 aromatic heterocycles. The molecule has 0 aliphatic carbocycles. The van der Waals surface area contributed by atoms with E-state index in [0.29, 0.717) is 11.4 Å². The first-order valence-corrected chi connectivity index (χ1v) is 7.62. The van der Waals surface area contributed by atoms with Crippen LogP contribution in [0.3, 0.4) is 0 Å². The lowest BCUT2D eigenvalue weighted by molar-refractivity contribution is -0.384. The number of amides is 1. The molecule has 1 unspecified atom stereocenters. The van der Waals surface area contributed by atoms with Crippen LogP contribution in [0.1, 0.15) is 6.92 Å². The van der Waals surface area contributed by atoms with Crippen molar-refractivity contribution in [3.05, 3.63) is 52.6 Å². The van der Waals surface area contributed by atoms with Crippen LogP contribution in [0.5, 0.6) is 11.5 Å². The van der Waals surface area contributed by atoms with Gasteiger partial charge in [-0.25, -0.2) is 0 Å². The molecule has 0 radical (unpaired) electrons. The van der Waals surface area contributed by atoms with Gasteiger partial charge >= 0.3 is 0 Å². The highest BCUT2D eigenvalue weighted by atomic mass is 32.2. The second-order valence-corrected chi connectivity index (χ2v) is 5.26. The van der Waals surface area contributed by atoms with Crippen LogP contribution in [0, 0.1) is 10.1 Å². The molecule has 2 aromatic rings. The monoisotopic (exact) mass is 350 g/mol. The van der Waals surface area contributed by atoms with Gasteiger partial charge in [0.25, 0.3) is 5.69 Å². The number of rotatable bonds is 6. The van der Waals surface area contributed by atoms with Gasteiger partial charge in [-0.1, -0.05) is 0 Å². The second kappa shape index (κ2) is 7.53. The number of nitrogens with zero attached hydrogens (tertiary/aromatic N) is 1. The fourth-order valence-corrected chi connectivity index (χ4v) is 2.17. The maximum Gasteiger partial charge on any atom is 0.273 e. The molecule has 0 aliphatic heterocycles. The van der Waals surface area contributed by atoms with Crippen LogP contribution < -0.4 is 14.8 Å². The molecule has 24 heavy (non-hydrogen) atoms. The molecule has 0 aliphatic rings. The van der Waals surface area contributed by atoms with Gasteiger partial charge in [-0.2, -0.15) is 0 Å². The van der Waals surface area contributed by atoms with E-state index in [2.05, 4.69) is 10.0 Å². The minimum Gasteiger partial charge on any atom is -0.755 e. The SMILES string of the molecule is CC(=O)Nc1ccc(Oc2cc([N+](=O)[O-])ccc2NS(=O)[O-])cc1. The van der Waals surface area contributed by atoms with Crippen LogP contribution >= 0.6 is 0 Å². The summed E-state index contributed by atoms with van der Waals surface area (Å²) in [5.74, 6) is 0.0526. The van der Waals surface area contributed by atoms with Crippen LogP contribution in [0.4, 0.5) is 17.1 Å². The fraction of sp³-hybridized carbons (Fsp3) is 0.0714. The normalized spacial score (nSPS) is 11.4. The summed E-state index contributed by atoms with van der Waals surface area (Å²) in [5, 5.41) is 13.4. The number of carbonyl (C=O) groups excluding carboxylic acids is 1. The van der Waals surface area contributed by atoms with Crippen LogP contribution in [0.25, 0.3) is 0 Å². The number of non-ortho nitro benzene ring substituents is 1. The summed E-state index contributed by atoms with van der Waals surface area (Å²) in [6.07, 6.45) is 0. The lowest BCUT2D eigenvalue weighted by atomic mass is 10.2. The molecule has 2 N–H and O–H groups in total. The van der Waals surface area contributed by atoms with Gasteiger partial charge in [0.2, 0.25) is 5.91 Å². The summed E-state index contributed by atoms with van der Waals surface area (Å²) < 4.78 is 29.2. The first-order chi connectivity index (χ1) is 11.3. The van der Waals surface area contributed by atoms with Crippen LogP contribution in [0.15, 0.2) is 42.5 Å². The smallest absolute Gasteiger partial charge is 0.273 e. The average molecular weight is 350 g/mol. The Bertz CT molecular complexity index is 794. The van der Waals surface area contributed by atoms with E-state index in [1.165, 1.54) is 25.1 Å². The molecule has 0 saturated heterocycles. The summed E-state index contributed by atoms with van der Waals surface area (Å²) in [6, 6.07) is 9.71. The summed E-state index contributed by atoms with van der Waals surface area (Å²) in [7, 11) is 0. The van der Waals surface area contributed by atoms with E-state index >= 15 is 0 Å². The molecule has 0 heterocycles. The highest BCUT2D eigenvalue weighted by Crippen LogP contribution is 2.33. The predicted molar refractivity (Wildman–Crippen MR) is 86.5 cm³/mol. The zero-order valence-electron chi connectivity index (χ0n) is 12.3. The predicted octanol–water partition coefficient (Wildman–Crippen LogP) is 2.55. The van der Waals surface area contributed by atoms with Gasteiger partial charge < -0.3 is 19.3 Å². The van der Waals surface area contributed by atoms with E-state index < -0.39 is 16.2 Å². The molecule has 1 atom stereocenters. The van der Waals surface area contributed by atoms with Crippen molar-refractivity contribution in [3.8, 4) is 11.5 Å². The van der Waals surface area contributed by atoms with Gasteiger partial charge in [-0.3, -0.25) is 19.1 Å². The molecular formula is C14H12N3O6S-. The van der Waals surface area contributed by atoms with Crippen molar-refractivity contribution in [2.75, 3.05) is 10.0 Å². The molecule has 10 heteroatoms. The third-order valence-electron chi connectivity index (χ3n) is 2.77. The Balaban J connectivity index is 2.28. The number of nitrogens with one attached hydrogen (secondary N) is 2. The highest BCUT2D eigenvalue weighted by Gasteiger charge is 2.13. The van der Waals surface area contributed by atoms with E-state index in [0.717, 1.165) is 12.1 Å². The number of hydrogen-bond donors (Lipinski definition) is 2. The summed E-state index contributed by atoms with van der Waals surface area (Å²) >= 11 is -2.61. The van der Waals surface area contributed by atoms with Gasteiger partial charge in [0.1, 0.15) is 5.75 Å². The minimum atomic E-state index is -2.61. The Morgan fingerprint density at radius 3 is 2.42 bits per heavy atom. The maximum atomic E-state index is 11.0. The number of nitro benzene ring substituents is 1. The highest BCUT2D eigenvalue weighted by molar-refractivity contribution is 7.80. The first-order valence-electron chi connectivity index (χ1n) is 6.55. The number of nitro groups is 1. The largest absolute Gasteiger partial charge is 0.755 e. The molecule has 0 saturated carbocycles. The van der Waals surface area contributed by atoms with Crippen LogP contribution in [-0.4, -0.2) is 19.6 Å². The van der Waals surface area contributed by atoms with Gasteiger partial charge in [0.15, 0.2) is 5.75 Å². The van der Waals surface area contributed by atoms with E-state index in [1.807, 2.05) is 0 Å². The molecule has 0 bridgehead atoms. The molecule has 0 fully saturated rings. The van der Waals surface area contributed by atoms with E-state index in [1.54, 1.807) is 12.1 Å². The van der Waals surface area contributed by atoms with E-state index in [4.69, 9.17) is 4.74 Å². The number of hydrogen-bond acceptors (Lipinski definition) is 6. The molecule has 0 spiro atoms. The Labute approximate surface area is 139 Å². The number of benzene rings is 2. The van der Waals surface area contributed by atoms with Crippen LogP contribution in [0.2, 0.25) is 0 Å². The molecule has 9 nitrogen and oxygen atoms in total. The van der Waals surface area contributed by atoms with Gasteiger partial charge in [0, 0.05) is 29.9 Å². The zero-order chi connectivity index (χ0) is 17.7.